The molecule has 3 aromatic rings. The maximum Gasteiger partial charge on any atom is 0.264 e. The SMILES string of the molecule is CCOc1ccccc1N(CC(=O)Nc1cc(C)ccc1C)S(=O)(=O)c1ccccc1. The topological polar surface area (TPSA) is 75.7 Å². The first-order valence-electron chi connectivity index (χ1n) is 9.99. The van der Waals surface area contributed by atoms with Gasteiger partial charge in [-0.3, -0.25) is 9.10 Å². The van der Waals surface area contributed by atoms with Crippen molar-refractivity contribution in [2.45, 2.75) is 25.7 Å². The maximum atomic E-state index is 13.5. The van der Waals surface area contributed by atoms with E-state index in [1.807, 2.05) is 39.0 Å². The molecule has 0 aliphatic rings. The normalized spacial score (nSPS) is 11.1. The van der Waals surface area contributed by atoms with Gasteiger partial charge < -0.3 is 10.1 Å². The Labute approximate surface area is 183 Å². The third kappa shape index (κ3) is 5.24. The summed E-state index contributed by atoms with van der Waals surface area (Å²) < 4.78 is 33.7. The smallest absolute Gasteiger partial charge is 0.264 e. The van der Waals surface area contributed by atoms with Crippen LogP contribution in [0.2, 0.25) is 0 Å². The van der Waals surface area contributed by atoms with E-state index in [2.05, 4.69) is 5.32 Å². The van der Waals surface area contributed by atoms with Crippen molar-refractivity contribution >= 4 is 27.3 Å². The van der Waals surface area contributed by atoms with E-state index in [4.69, 9.17) is 4.74 Å². The zero-order chi connectivity index (χ0) is 22.4. The van der Waals surface area contributed by atoms with Crippen LogP contribution in [0.4, 0.5) is 11.4 Å². The molecule has 0 aromatic heterocycles. The molecule has 0 unspecified atom stereocenters. The lowest BCUT2D eigenvalue weighted by Crippen LogP contribution is -2.38. The molecular weight excluding hydrogens is 412 g/mol. The van der Waals surface area contributed by atoms with Gasteiger partial charge in [0.05, 0.1) is 17.2 Å². The van der Waals surface area contributed by atoms with Gasteiger partial charge in [0.25, 0.3) is 10.0 Å². The molecule has 0 atom stereocenters. The van der Waals surface area contributed by atoms with Crippen molar-refractivity contribution in [1.82, 2.24) is 0 Å². The minimum absolute atomic E-state index is 0.0980. The molecule has 31 heavy (non-hydrogen) atoms. The highest BCUT2D eigenvalue weighted by Gasteiger charge is 2.29. The summed E-state index contributed by atoms with van der Waals surface area (Å²) in [6.45, 7) is 5.61. The fraction of sp³-hybridized carbons (Fsp3) is 0.208. The highest BCUT2D eigenvalue weighted by Crippen LogP contribution is 2.32. The molecule has 0 spiro atoms. The number of hydrogen-bond donors (Lipinski definition) is 1. The monoisotopic (exact) mass is 438 g/mol. The van der Waals surface area contributed by atoms with Crippen molar-refractivity contribution in [2.24, 2.45) is 0 Å². The Morgan fingerprint density at radius 3 is 2.35 bits per heavy atom. The Hall–Kier alpha value is -3.32. The first-order chi connectivity index (χ1) is 14.8. The van der Waals surface area contributed by atoms with Gasteiger partial charge in [0.1, 0.15) is 12.3 Å². The average Bonchev–Trinajstić information content (AvgIpc) is 2.76. The molecule has 1 N–H and O–H groups in total. The van der Waals surface area contributed by atoms with Crippen molar-refractivity contribution in [3.63, 3.8) is 0 Å². The number of rotatable bonds is 8. The van der Waals surface area contributed by atoms with Gasteiger partial charge in [-0.1, -0.05) is 42.5 Å². The van der Waals surface area contributed by atoms with Crippen molar-refractivity contribution in [2.75, 3.05) is 22.8 Å². The van der Waals surface area contributed by atoms with Crippen LogP contribution in [-0.2, 0) is 14.8 Å². The fourth-order valence-corrected chi connectivity index (χ4v) is 4.60. The van der Waals surface area contributed by atoms with E-state index in [9.17, 15) is 13.2 Å². The van der Waals surface area contributed by atoms with E-state index >= 15 is 0 Å². The highest BCUT2D eigenvalue weighted by molar-refractivity contribution is 7.92. The third-order valence-electron chi connectivity index (χ3n) is 4.72. The lowest BCUT2D eigenvalue weighted by atomic mass is 10.1. The first kappa shape index (κ1) is 22.4. The standard InChI is InChI=1S/C24H26N2O4S/c1-4-30-23-13-9-8-12-22(23)26(31(28,29)20-10-6-5-7-11-20)17-24(27)25-21-16-18(2)14-15-19(21)3/h5-16H,4,17H2,1-3H3,(H,25,27). The molecule has 3 aromatic carbocycles. The molecular formula is C24H26N2O4S. The maximum absolute atomic E-state index is 13.5. The van der Waals surface area contributed by atoms with Gasteiger partial charge in [0, 0.05) is 5.69 Å². The minimum atomic E-state index is -4.01. The molecule has 1 amide bonds. The van der Waals surface area contributed by atoms with Gasteiger partial charge in [-0.05, 0) is 62.2 Å². The van der Waals surface area contributed by atoms with Crippen molar-refractivity contribution in [3.8, 4) is 5.75 Å². The molecule has 0 aliphatic carbocycles. The summed E-state index contributed by atoms with van der Waals surface area (Å²) in [5, 5.41) is 2.84. The summed E-state index contributed by atoms with van der Waals surface area (Å²) in [6.07, 6.45) is 0. The number of hydrogen-bond acceptors (Lipinski definition) is 4. The van der Waals surface area contributed by atoms with Crippen LogP contribution in [0.25, 0.3) is 0 Å². The third-order valence-corrected chi connectivity index (χ3v) is 6.49. The van der Waals surface area contributed by atoms with Crippen molar-refractivity contribution < 1.29 is 17.9 Å². The highest BCUT2D eigenvalue weighted by atomic mass is 32.2. The number of benzene rings is 3. The summed E-state index contributed by atoms with van der Waals surface area (Å²) in [5.74, 6) is -0.0523. The lowest BCUT2D eigenvalue weighted by Gasteiger charge is -2.26. The Kier molecular flexibility index (Phi) is 6.97. The Morgan fingerprint density at radius 1 is 0.968 bits per heavy atom. The zero-order valence-electron chi connectivity index (χ0n) is 17.8. The second-order valence-electron chi connectivity index (χ2n) is 7.09. The van der Waals surface area contributed by atoms with Crippen LogP contribution in [0.1, 0.15) is 18.1 Å². The number of amides is 1. The van der Waals surface area contributed by atoms with Gasteiger partial charge in [-0.15, -0.1) is 0 Å². The number of sulfonamides is 1. The van der Waals surface area contributed by atoms with E-state index in [-0.39, 0.29) is 4.90 Å². The number of anilines is 2. The van der Waals surface area contributed by atoms with Gasteiger partial charge >= 0.3 is 0 Å². The molecule has 7 heteroatoms. The average molecular weight is 439 g/mol. The lowest BCUT2D eigenvalue weighted by molar-refractivity contribution is -0.114. The number of para-hydroxylation sites is 2. The quantitative estimate of drug-likeness (QED) is 0.560. The number of carbonyl (C=O) groups excluding carboxylic acids is 1. The van der Waals surface area contributed by atoms with Crippen LogP contribution in [0.5, 0.6) is 5.75 Å². The minimum Gasteiger partial charge on any atom is -0.492 e. The predicted octanol–water partition coefficient (Wildman–Crippen LogP) is 4.54. The van der Waals surface area contributed by atoms with Gasteiger partial charge in [0.15, 0.2) is 0 Å². The zero-order valence-corrected chi connectivity index (χ0v) is 18.6. The molecule has 162 valence electrons. The Bertz CT molecular complexity index is 1160. The van der Waals surface area contributed by atoms with Crippen LogP contribution < -0.4 is 14.4 Å². The summed E-state index contributed by atoms with van der Waals surface area (Å²) in [4.78, 5) is 13.0. The van der Waals surface area contributed by atoms with E-state index in [0.717, 1.165) is 15.4 Å². The molecule has 0 aliphatic heterocycles. The molecule has 0 heterocycles. The van der Waals surface area contributed by atoms with E-state index in [1.165, 1.54) is 12.1 Å². The number of nitrogens with zero attached hydrogens (tertiary/aromatic N) is 1. The van der Waals surface area contributed by atoms with E-state index in [0.29, 0.717) is 23.7 Å². The van der Waals surface area contributed by atoms with Crippen LogP contribution in [0.3, 0.4) is 0 Å². The fourth-order valence-electron chi connectivity index (χ4n) is 3.15. The first-order valence-corrected chi connectivity index (χ1v) is 11.4. The second kappa shape index (κ2) is 9.66. The molecule has 0 radical (unpaired) electrons. The summed E-state index contributed by atoms with van der Waals surface area (Å²) in [5.41, 5.74) is 2.85. The summed E-state index contributed by atoms with van der Waals surface area (Å²) in [6, 6.07) is 20.6. The molecule has 0 bridgehead atoms. The van der Waals surface area contributed by atoms with Gasteiger partial charge in [-0.2, -0.15) is 0 Å². The number of ether oxygens (including phenoxy) is 1. The molecule has 3 rings (SSSR count). The van der Waals surface area contributed by atoms with Gasteiger partial charge in [0.2, 0.25) is 5.91 Å². The van der Waals surface area contributed by atoms with Crippen LogP contribution in [0, 0.1) is 13.8 Å². The van der Waals surface area contributed by atoms with Gasteiger partial charge in [-0.25, -0.2) is 8.42 Å². The van der Waals surface area contributed by atoms with Crippen LogP contribution >= 0.6 is 0 Å². The predicted molar refractivity (Wildman–Crippen MR) is 123 cm³/mol. The van der Waals surface area contributed by atoms with Crippen LogP contribution in [0.15, 0.2) is 77.7 Å². The second-order valence-corrected chi connectivity index (χ2v) is 8.95. The molecule has 6 nitrogen and oxygen atoms in total. The van der Waals surface area contributed by atoms with Crippen LogP contribution in [-0.4, -0.2) is 27.5 Å². The Balaban J connectivity index is 2.00. The molecule has 0 saturated heterocycles. The number of aryl methyl sites for hydroxylation is 2. The Morgan fingerprint density at radius 2 is 1.65 bits per heavy atom. The molecule has 0 fully saturated rings. The summed E-state index contributed by atoms with van der Waals surface area (Å²) in [7, 11) is -4.01. The largest absolute Gasteiger partial charge is 0.492 e. The summed E-state index contributed by atoms with van der Waals surface area (Å²) >= 11 is 0. The van der Waals surface area contributed by atoms with E-state index < -0.39 is 22.5 Å². The van der Waals surface area contributed by atoms with Crippen molar-refractivity contribution in [1.29, 1.82) is 0 Å². The number of carbonyl (C=O) groups is 1. The molecule has 0 saturated carbocycles. The number of nitrogens with one attached hydrogen (secondary N) is 1. The van der Waals surface area contributed by atoms with E-state index in [1.54, 1.807) is 42.5 Å². The van der Waals surface area contributed by atoms with Crippen molar-refractivity contribution in [3.05, 3.63) is 83.9 Å².